The maximum Gasteiger partial charge on any atom is 0.298 e. The first-order valence-corrected chi connectivity index (χ1v) is 7.54. The Morgan fingerprint density at radius 3 is 2.62 bits per heavy atom. The molecule has 0 spiro atoms. The van der Waals surface area contributed by atoms with E-state index in [1.165, 1.54) is 19.2 Å². The predicted molar refractivity (Wildman–Crippen MR) is 77.9 cm³/mol. The molecule has 0 radical (unpaired) electrons. The Morgan fingerprint density at radius 2 is 1.95 bits per heavy atom. The van der Waals surface area contributed by atoms with Gasteiger partial charge in [0.1, 0.15) is 16.5 Å². The molecule has 0 atom stereocenters. The quantitative estimate of drug-likeness (QED) is 0.725. The average Bonchev–Trinajstić information content (AvgIpc) is 2.89. The topological polar surface area (TPSA) is 92.3 Å². The number of nitrogens with one attached hydrogen (secondary N) is 1. The Labute approximate surface area is 121 Å². The van der Waals surface area contributed by atoms with Crippen LogP contribution in [0.3, 0.4) is 0 Å². The molecule has 1 heterocycles. The van der Waals surface area contributed by atoms with E-state index in [4.69, 9.17) is 4.74 Å². The van der Waals surface area contributed by atoms with Crippen LogP contribution < -0.4 is 4.74 Å². The van der Waals surface area contributed by atoms with E-state index in [1.54, 1.807) is 6.07 Å². The van der Waals surface area contributed by atoms with Crippen LogP contribution in [0.5, 0.6) is 5.75 Å². The molecule has 3 aromatic rings. The highest BCUT2D eigenvalue weighted by atomic mass is 32.2. The van der Waals surface area contributed by atoms with Crippen molar-refractivity contribution in [3.63, 3.8) is 0 Å². The number of fused-ring (bicyclic) bond motifs is 1. The summed E-state index contributed by atoms with van der Waals surface area (Å²) in [7, 11) is -3.03. The van der Waals surface area contributed by atoms with Crippen molar-refractivity contribution in [2.75, 3.05) is 7.11 Å². The smallest absolute Gasteiger partial charge is 0.298 e. The van der Waals surface area contributed by atoms with Crippen molar-refractivity contribution in [1.29, 1.82) is 0 Å². The lowest BCUT2D eigenvalue weighted by Gasteiger charge is -2.07. The molecule has 0 aliphatic heterocycles. The molecular weight excluding hydrogens is 292 g/mol. The SMILES string of the molecule is COc1ccc(-c2nc3ccccc3[nH]2)cc1S(=O)(=O)O. The highest BCUT2D eigenvalue weighted by Gasteiger charge is 2.18. The van der Waals surface area contributed by atoms with Crippen molar-refractivity contribution in [2.24, 2.45) is 0 Å². The number of imidazole rings is 1. The van der Waals surface area contributed by atoms with Gasteiger partial charge in [-0.25, -0.2) is 4.98 Å². The normalized spacial score (nSPS) is 11.7. The van der Waals surface area contributed by atoms with E-state index in [0.717, 1.165) is 11.0 Å². The van der Waals surface area contributed by atoms with Gasteiger partial charge in [-0.3, -0.25) is 4.55 Å². The Morgan fingerprint density at radius 1 is 1.19 bits per heavy atom. The van der Waals surface area contributed by atoms with E-state index in [2.05, 4.69) is 9.97 Å². The molecular formula is C14H12N2O4S. The van der Waals surface area contributed by atoms with Gasteiger partial charge >= 0.3 is 0 Å². The molecule has 2 N–H and O–H groups in total. The number of rotatable bonds is 3. The molecule has 0 aliphatic rings. The molecule has 0 fully saturated rings. The Bertz CT molecular complexity index is 883. The molecule has 0 unspecified atom stereocenters. The monoisotopic (exact) mass is 304 g/mol. The first-order valence-electron chi connectivity index (χ1n) is 6.10. The largest absolute Gasteiger partial charge is 0.495 e. The van der Waals surface area contributed by atoms with Crippen molar-refractivity contribution in [3.05, 3.63) is 42.5 Å². The second-order valence-corrected chi connectivity index (χ2v) is 5.83. The third-order valence-corrected chi connectivity index (χ3v) is 3.98. The van der Waals surface area contributed by atoms with Crippen molar-refractivity contribution < 1.29 is 17.7 Å². The highest BCUT2D eigenvalue weighted by molar-refractivity contribution is 7.86. The molecule has 21 heavy (non-hydrogen) atoms. The zero-order valence-electron chi connectivity index (χ0n) is 11.1. The van der Waals surface area contributed by atoms with Crippen LogP contribution in [0.1, 0.15) is 0 Å². The molecule has 0 saturated heterocycles. The lowest BCUT2D eigenvalue weighted by molar-refractivity contribution is 0.397. The molecule has 0 bridgehead atoms. The second-order valence-electron chi connectivity index (χ2n) is 4.44. The summed E-state index contributed by atoms with van der Waals surface area (Å²) in [6, 6.07) is 11.9. The Kier molecular flexibility index (Phi) is 3.15. The van der Waals surface area contributed by atoms with Crippen LogP contribution in [0, 0.1) is 0 Å². The van der Waals surface area contributed by atoms with Crippen LogP contribution in [-0.4, -0.2) is 30.0 Å². The zero-order chi connectivity index (χ0) is 15.0. The molecule has 0 saturated carbocycles. The van der Waals surface area contributed by atoms with Gasteiger partial charge in [0, 0.05) is 5.56 Å². The van der Waals surface area contributed by atoms with Crippen LogP contribution in [-0.2, 0) is 10.1 Å². The van der Waals surface area contributed by atoms with Gasteiger partial charge in [0.25, 0.3) is 10.1 Å². The van der Waals surface area contributed by atoms with Crippen molar-refractivity contribution in [3.8, 4) is 17.1 Å². The predicted octanol–water partition coefficient (Wildman–Crippen LogP) is 2.49. The van der Waals surface area contributed by atoms with Gasteiger partial charge in [-0.2, -0.15) is 8.42 Å². The summed E-state index contributed by atoms with van der Waals surface area (Å²) < 4.78 is 37.1. The second kappa shape index (κ2) is 4.87. The van der Waals surface area contributed by atoms with Crippen LogP contribution >= 0.6 is 0 Å². The summed E-state index contributed by atoms with van der Waals surface area (Å²) in [5.74, 6) is 0.598. The summed E-state index contributed by atoms with van der Waals surface area (Å²) in [6.45, 7) is 0. The van der Waals surface area contributed by atoms with Crippen LogP contribution in [0.15, 0.2) is 47.4 Å². The van der Waals surface area contributed by atoms with Gasteiger partial charge in [0.2, 0.25) is 0 Å². The zero-order valence-corrected chi connectivity index (χ0v) is 11.9. The molecule has 7 heteroatoms. The van der Waals surface area contributed by atoms with E-state index in [0.29, 0.717) is 11.4 Å². The maximum atomic E-state index is 11.4. The van der Waals surface area contributed by atoms with Crippen molar-refractivity contribution in [1.82, 2.24) is 9.97 Å². The van der Waals surface area contributed by atoms with Gasteiger partial charge in [0.05, 0.1) is 18.1 Å². The number of aromatic nitrogens is 2. The maximum absolute atomic E-state index is 11.4. The molecule has 0 amide bonds. The molecule has 2 aromatic carbocycles. The Balaban J connectivity index is 2.19. The highest BCUT2D eigenvalue weighted by Crippen LogP contribution is 2.29. The van der Waals surface area contributed by atoms with E-state index in [1.807, 2.05) is 24.3 Å². The third-order valence-electron chi connectivity index (χ3n) is 3.10. The minimum atomic E-state index is -4.37. The summed E-state index contributed by atoms with van der Waals surface area (Å²) in [4.78, 5) is 7.20. The summed E-state index contributed by atoms with van der Waals surface area (Å²) in [6.07, 6.45) is 0. The number of hydrogen-bond acceptors (Lipinski definition) is 4. The summed E-state index contributed by atoms with van der Waals surface area (Å²) in [5.41, 5.74) is 2.16. The van der Waals surface area contributed by atoms with Crippen LogP contribution in [0.4, 0.5) is 0 Å². The van der Waals surface area contributed by atoms with E-state index in [-0.39, 0.29) is 10.6 Å². The third kappa shape index (κ3) is 2.48. The number of H-pyrrole nitrogens is 1. The van der Waals surface area contributed by atoms with Crippen molar-refractivity contribution in [2.45, 2.75) is 4.90 Å². The number of nitrogens with zero attached hydrogens (tertiary/aromatic N) is 1. The average molecular weight is 304 g/mol. The van der Waals surface area contributed by atoms with E-state index in [9.17, 15) is 13.0 Å². The van der Waals surface area contributed by atoms with Gasteiger partial charge in [-0.1, -0.05) is 12.1 Å². The fraction of sp³-hybridized carbons (Fsp3) is 0.0714. The number of benzene rings is 2. The first kappa shape index (κ1) is 13.6. The minimum Gasteiger partial charge on any atom is -0.495 e. The molecule has 3 rings (SSSR count). The van der Waals surface area contributed by atoms with Gasteiger partial charge in [-0.15, -0.1) is 0 Å². The number of methoxy groups -OCH3 is 1. The molecule has 1 aromatic heterocycles. The number of ether oxygens (including phenoxy) is 1. The number of para-hydroxylation sites is 2. The van der Waals surface area contributed by atoms with Crippen molar-refractivity contribution >= 4 is 21.2 Å². The summed E-state index contributed by atoms with van der Waals surface area (Å²) in [5, 5.41) is 0. The minimum absolute atomic E-state index is 0.0809. The number of aromatic amines is 1. The lowest BCUT2D eigenvalue weighted by atomic mass is 10.2. The first-order chi connectivity index (χ1) is 9.99. The van der Waals surface area contributed by atoms with Gasteiger partial charge in [0.15, 0.2) is 0 Å². The van der Waals surface area contributed by atoms with Gasteiger partial charge in [-0.05, 0) is 30.3 Å². The lowest BCUT2D eigenvalue weighted by Crippen LogP contribution is -2.02. The Hall–Kier alpha value is -2.38. The van der Waals surface area contributed by atoms with E-state index >= 15 is 0 Å². The number of hydrogen-bond donors (Lipinski definition) is 2. The van der Waals surface area contributed by atoms with Crippen LogP contribution in [0.25, 0.3) is 22.4 Å². The van der Waals surface area contributed by atoms with Crippen LogP contribution in [0.2, 0.25) is 0 Å². The fourth-order valence-corrected chi connectivity index (χ4v) is 2.80. The van der Waals surface area contributed by atoms with Gasteiger partial charge < -0.3 is 9.72 Å². The summed E-state index contributed by atoms with van der Waals surface area (Å²) >= 11 is 0. The molecule has 6 nitrogen and oxygen atoms in total. The fourth-order valence-electron chi connectivity index (χ4n) is 2.12. The molecule has 108 valence electrons. The standard InChI is InChI=1S/C14H12N2O4S/c1-20-12-7-6-9(8-13(12)21(17,18)19)14-15-10-4-2-3-5-11(10)16-14/h2-8H,1H3,(H,15,16)(H,17,18,19). The van der Waals surface area contributed by atoms with E-state index < -0.39 is 10.1 Å². The molecule has 0 aliphatic carbocycles.